The highest BCUT2D eigenvalue weighted by Gasteiger charge is 2.34. The Labute approximate surface area is 243 Å². The number of rotatable bonds is 10. The molecule has 0 aromatic heterocycles. The van der Waals surface area contributed by atoms with Crippen molar-refractivity contribution in [1.82, 2.24) is 0 Å². The zero-order valence-electron chi connectivity index (χ0n) is 22.6. The van der Waals surface area contributed by atoms with Gasteiger partial charge in [0, 0.05) is 5.56 Å². The molecule has 0 atom stereocenters. The fourth-order valence-electron chi connectivity index (χ4n) is 4.40. The van der Waals surface area contributed by atoms with Crippen LogP contribution in [-0.2, 0) is 17.8 Å². The minimum absolute atomic E-state index is 0.162. The predicted octanol–water partition coefficient (Wildman–Crippen LogP) is 8.34. The number of allylic oxidation sites excluding steroid dienone is 1. The summed E-state index contributed by atoms with van der Waals surface area (Å²) in [7, 11) is 0. The Hall–Kier alpha value is -4.62. The molecule has 7 heteroatoms. The highest BCUT2D eigenvalue weighted by Crippen LogP contribution is 2.40. The fourth-order valence-corrected chi connectivity index (χ4v) is 5.40. The molecule has 5 nitrogen and oxygen atoms in total. The van der Waals surface area contributed by atoms with Crippen LogP contribution in [-0.4, -0.2) is 17.7 Å². The van der Waals surface area contributed by atoms with Gasteiger partial charge in [0.2, 0.25) is 0 Å². The molecule has 1 aliphatic heterocycles. The van der Waals surface area contributed by atoms with Gasteiger partial charge in [0.15, 0.2) is 16.7 Å². The van der Waals surface area contributed by atoms with Gasteiger partial charge in [-0.15, -0.1) is 6.58 Å². The van der Waals surface area contributed by atoms with E-state index in [1.165, 1.54) is 23.9 Å². The van der Waals surface area contributed by atoms with Crippen LogP contribution in [0, 0.1) is 5.82 Å². The number of ether oxygens (including phenoxy) is 2. The number of amides is 1. The van der Waals surface area contributed by atoms with Gasteiger partial charge >= 0.3 is 0 Å². The van der Waals surface area contributed by atoms with E-state index in [0.717, 1.165) is 22.5 Å². The molecule has 1 saturated heterocycles. The maximum absolute atomic E-state index is 13.7. The number of amidine groups is 1. The van der Waals surface area contributed by atoms with Gasteiger partial charge in [-0.25, -0.2) is 9.38 Å². The number of para-hydroxylation sites is 2. The number of thioether (sulfide) groups is 1. The molecule has 0 radical (unpaired) electrons. The van der Waals surface area contributed by atoms with E-state index < -0.39 is 0 Å². The predicted molar refractivity (Wildman–Crippen MR) is 165 cm³/mol. The molecule has 0 N–H and O–H groups in total. The third-order valence-corrected chi connectivity index (χ3v) is 7.16. The summed E-state index contributed by atoms with van der Waals surface area (Å²) in [6.07, 6.45) is 4.16. The molecular formula is C34H29FN2O3S. The van der Waals surface area contributed by atoms with Gasteiger partial charge in [0.25, 0.3) is 5.91 Å². The molecule has 4 aromatic carbocycles. The highest BCUT2D eigenvalue weighted by atomic mass is 32.2. The van der Waals surface area contributed by atoms with Gasteiger partial charge in [0.1, 0.15) is 12.4 Å². The average Bonchev–Trinajstić information content (AvgIpc) is 3.27. The molecule has 1 amide bonds. The quantitative estimate of drug-likeness (QED) is 0.144. The Morgan fingerprint density at radius 3 is 2.41 bits per heavy atom. The topological polar surface area (TPSA) is 51.1 Å². The van der Waals surface area contributed by atoms with Crippen LogP contribution < -0.4 is 14.4 Å². The number of halogens is 1. The summed E-state index contributed by atoms with van der Waals surface area (Å²) in [5.41, 5.74) is 3.85. The lowest BCUT2D eigenvalue weighted by Gasteiger charge is -2.17. The third kappa shape index (κ3) is 6.76. The summed E-state index contributed by atoms with van der Waals surface area (Å²) in [6, 6.07) is 29.2. The zero-order chi connectivity index (χ0) is 28.6. The van der Waals surface area contributed by atoms with Gasteiger partial charge in [-0.2, -0.15) is 0 Å². The Morgan fingerprint density at radius 2 is 1.71 bits per heavy atom. The van der Waals surface area contributed by atoms with E-state index in [9.17, 15) is 9.18 Å². The van der Waals surface area contributed by atoms with Crippen LogP contribution in [0.2, 0.25) is 0 Å². The number of carbonyl (C=O) groups excluding carboxylic acids is 1. The lowest BCUT2D eigenvalue weighted by molar-refractivity contribution is -0.113. The second kappa shape index (κ2) is 13.2. The second-order valence-corrected chi connectivity index (χ2v) is 10.2. The smallest absolute Gasteiger partial charge is 0.271 e. The van der Waals surface area contributed by atoms with Crippen LogP contribution >= 0.6 is 11.8 Å². The normalized spacial score (nSPS) is 15.0. The third-order valence-electron chi connectivity index (χ3n) is 6.19. The number of hydrogen-bond donors (Lipinski definition) is 0. The van der Waals surface area contributed by atoms with Crippen molar-refractivity contribution in [2.45, 2.75) is 20.0 Å². The molecule has 5 rings (SSSR count). The summed E-state index contributed by atoms with van der Waals surface area (Å²) < 4.78 is 25.8. The average molecular weight is 565 g/mol. The lowest BCUT2D eigenvalue weighted by atomic mass is 10.0. The molecule has 4 aromatic rings. The van der Waals surface area contributed by atoms with Crippen LogP contribution in [0.5, 0.6) is 11.5 Å². The molecule has 0 spiro atoms. The Morgan fingerprint density at radius 1 is 0.951 bits per heavy atom. The van der Waals surface area contributed by atoms with E-state index in [0.29, 0.717) is 40.2 Å². The van der Waals surface area contributed by atoms with Crippen LogP contribution in [0.15, 0.2) is 120 Å². The summed E-state index contributed by atoms with van der Waals surface area (Å²) in [6.45, 7) is 6.40. The van der Waals surface area contributed by atoms with E-state index in [1.807, 2.05) is 91.9 Å². The van der Waals surface area contributed by atoms with Crippen LogP contribution in [0.3, 0.4) is 0 Å². The molecule has 0 bridgehead atoms. The molecule has 206 valence electrons. The second-order valence-electron chi connectivity index (χ2n) is 9.17. The summed E-state index contributed by atoms with van der Waals surface area (Å²) in [4.78, 5) is 20.7. The zero-order valence-corrected chi connectivity index (χ0v) is 23.4. The van der Waals surface area contributed by atoms with E-state index in [1.54, 1.807) is 17.0 Å². The Bertz CT molecular complexity index is 1600. The van der Waals surface area contributed by atoms with Gasteiger partial charge < -0.3 is 9.47 Å². The van der Waals surface area contributed by atoms with Gasteiger partial charge in [0.05, 0.1) is 22.9 Å². The first-order valence-corrected chi connectivity index (χ1v) is 14.1. The molecule has 1 aliphatic rings. The number of aliphatic imine (C=N–C) groups is 1. The first-order chi connectivity index (χ1) is 20.1. The van der Waals surface area contributed by atoms with Crippen LogP contribution in [0.4, 0.5) is 15.8 Å². The summed E-state index contributed by atoms with van der Waals surface area (Å²) in [5.74, 6) is 0.637. The molecule has 0 unspecified atom stereocenters. The molecular weight excluding hydrogens is 535 g/mol. The molecule has 1 heterocycles. The van der Waals surface area contributed by atoms with E-state index in [2.05, 4.69) is 6.58 Å². The molecule has 41 heavy (non-hydrogen) atoms. The number of anilines is 1. The van der Waals surface area contributed by atoms with Crippen molar-refractivity contribution in [2.75, 3.05) is 11.5 Å². The number of hydrogen-bond acceptors (Lipinski definition) is 5. The van der Waals surface area contributed by atoms with Crippen molar-refractivity contribution < 1.29 is 18.7 Å². The van der Waals surface area contributed by atoms with Crippen molar-refractivity contribution >= 4 is 40.3 Å². The minimum atomic E-state index is -0.317. The van der Waals surface area contributed by atoms with Crippen molar-refractivity contribution in [3.05, 3.63) is 137 Å². The van der Waals surface area contributed by atoms with Crippen LogP contribution in [0.25, 0.3) is 6.08 Å². The maximum Gasteiger partial charge on any atom is 0.271 e. The fraction of sp³-hybridized carbons (Fsp3) is 0.118. The molecule has 0 aliphatic carbocycles. The lowest BCUT2D eigenvalue weighted by Crippen LogP contribution is -2.28. The van der Waals surface area contributed by atoms with Crippen molar-refractivity contribution in [2.24, 2.45) is 4.99 Å². The first kappa shape index (κ1) is 27.9. The molecule has 1 fully saturated rings. The maximum atomic E-state index is 13.7. The van der Waals surface area contributed by atoms with E-state index >= 15 is 0 Å². The van der Waals surface area contributed by atoms with Crippen LogP contribution in [0.1, 0.15) is 23.6 Å². The monoisotopic (exact) mass is 564 g/mol. The van der Waals surface area contributed by atoms with E-state index in [-0.39, 0.29) is 18.3 Å². The number of benzene rings is 4. The van der Waals surface area contributed by atoms with Gasteiger partial charge in [-0.05, 0) is 90.8 Å². The minimum Gasteiger partial charge on any atom is -0.490 e. The standard InChI is InChI=1S/C34H29FN2O3S/c1-3-12-26-19-25(21-30(39-4-2)32(26)40-23-24-13-11-14-27(35)20-24)22-31-33(38)37(29-17-9-6-10-18-29)34(41-31)36-28-15-7-5-8-16-28/h3,5-11,13-22H,1,4,12,23H2,2H3/b31-22+,36-34?. The molecule has 0 saturated carbocycles. The largest absolute Gasteiger partial charge is 0.490 e. The van der Waals surface area contributed by atoms with Crippen molar-refractivity contribution in [3.63, 3.8) is 0 Å². The summed E-state index contributed by atoms with van der Waals surface area (Å²) in [5, 5.41) is 0.574. The van der Waals surface area contributed by atoms with E-state index in [4.69, 9.17) is 14.5 Å². The number of nitrogens with zero attached hydrogens (tertiary/aromatic N) is 2. The Balaban J connectivity index is 1.52. The SMILES string of the molecule is C=CCc1cc(/C=C2/SC(=Nc3ccccc3)N(c3ccccc3)C2=O)cc(OCC)c1OCc1cccc(F)c1. The highest BCUT2D eigenvalue weighted by molar-refractivity contribution is 8.19. The van der Waals surface area contributed by atoms with Crippen molar-refractivity contribution in [3.8, 4) is 11.5 Å². The van der Waals surface area contributed by atoms with Gasteiger partial charge in [-0.3, -0.25) is 9.69 Å². The first-order valence-electron chi connectivity index (χ1n) is 13.3. The summed E-state index contributed by atoms with van der Waals surface area (Å²) >= 11 is 1.32. The number of carbonyl (C=O) groups is 1. The Kier molecular flexibility index (Phi) is 8.96. The van der Waals surface area contributed by atoms with Crippen molar-refractivity contribution in [1.29, 1.82) is 0 Å². The van der Waals surface area contributed by atoms with Gasteiger partial charge in [-0.1, -0.05) is 54.6 Å².